The van der Waals surface area contributed by atoms with Crippen molar-refractivity contribution in [1.82, 2.24) is 0 Å². The molecular weight excluding hydrogens is 260 g/mol. The maximum Gasteiger partial charge on any atom is 0.150 e. The molecule has 0 heterocycles. The van der Waals surface area contributed by atoms with Gasteiger partial charge in [0.2, 0.25) is 0 Å². The first-order chi connectivity index (χ1) is 9.29. The van der Waals surface area contributed by atoms with E-state index in [1.807, 2.05) is 24.3 Å². The molecular formula is C16H15ClO2. The van der Waals surface area contributed by atoms with Crippen LogP contribution in [0.5, 0.6) is 5.75 Å². The van der Waals surface area contributed by atoms with Crippen LogP contribution in [0.1, 0.15) is 22.3 Å². The second kappa shape index (κ2) is 6.95. The molecule has 0 atom stereocenters. The highest BCUT2D eigenvalue weighted by atomic mass is 35.5. The number of hydrogen-bond donors (Lipinski definition) is 0. The Kier molecular flexibility index (Phi) is 4.99. The fourth-order valence-electron chi connectivity index (χ4n) is 1.80. The normalized spacial score (nSPS) is 10.2. The second-order valence-corrected chi connectivity index (χ2v) is 4.64. The van der Waals surface area contributed by atoms with E-state index in [0.29, 0.717) is 12.2 Å². The lowest BCUT2D eigenvalue weighted by molar-refractivity contribution is 0.112. The van der Waals surface area contributed by atoms with Gasteiger partial charge in [0.1, 0.15) is 12.0 Å². The predicted octanol–water partition coefficient (Wildman–Crippen LogP) is 4.16. The average Bonchev–Trinajstić information content (AvgIpc) is 2.46. The fraction of sp³-hybridized carbons (Fsp3) is 0.188. The van der Waals surface area contributed by atoms with E-state index in [4.69, 9.17) is 16.3 Å². The molecule has 0 aromatic heterocycles. The molecule has 0 radical (unpaired) electrons. The van der Waals surface area contributed by atoms with Gasteiger partial charge in [-0.25, -0.2) is 0 Å². The molecule has 0 bridgehead atoms. The molecule has 0 N–H and O–H groups in total. The van der Waals surface area contributed by atoms with Gasteiger partial charge in [-0.1, -0.05) is 29.8 Å². The Morgan fingerprint density at radius 2 is 1.79 bits per heavy atom. The van der Waals surface area contributed by atoms with Gasteiger partial charge in [0.15, 0.2) is 0 Å². The van der Waals surface area contributed by atoms with Gasteiger partial charge in [-0.05, 0) is 48.7 Å². The Labute approximate surface area is 118 Å². The number of rotatable bonds is 6. The molecule has 0 aliphatic heterocycles. The highest BCUT2D eigenvalue weighted by Crippen LogP contribution is 2.17. The summed E-state index contributed by atoms with van der Waals surface area (Å²) in [5.74, 6) is 0.782. The highest BCUT2D eigenvalue weighted by Gasteiger charge is 1.99. The topological polar surface area (TPSA) is 26.3 Å². The molecule has 2 aromatic rings. The largest absolute Gasteiger partial charge is 0.494 e. The molecule has 0 fully saturated rings. The lowest BCUT2D eigenvalue weighted by atomic mass is 10.1. The molecule has 19 heavy (non-hydrogen) atoms. The van der Waals surface area contributed by atoms with Crippen molar-refractivity contribution in [2.24, 2.45) is 0 Å². The van der Waals surface area contributed by atoms with Crippen molar-refractivity contribution >= 4 is 17.9 Å². The molecule has 3 heteroatoms. The average molecular weight is 275 g/mol. The zero-order valence-corrected chi connectivity index (χ0v) is 11.3. The summed E-state index contributed by atoms with van der Waals surface area (Å²) >= 11 is 6.08. The molecule has 0 unspecified atom stereocenters. The van der Waals surface area contributed by atoms with Crippen LogP contribution in [0.25, 0.3) is 0 Å². The Morgan fingerprint density at radius 3 is 2.47 bits per heavy atom. The first-order valence-corrected chi connectivity index (χ1v) is 6.59. The number of carbonyl (C=O) groups is 1. The Bertz CT molecular complexity index is 535. The van der Waals surface area contributed by atoms with Crippen LogP contribution in [-0.2, 0) is 6.42 Å². The number of ether oxygens (including phenoxy) is 1. The third kappa shape index (κ3) is 4.11. The SMILES string of the molecule is O=Cc1ccc(OCCCc2ccccc2Cl)cc1. The van der Waals surface area contributed by atoms with E-state index in [9.17, 15) is 4.79 Å². The molecule has 0 aliphatic rings. The summed E-state index contributed by atoms with van der Waals surface area (Å²) in [5.41, 5.74) is 1.80. The van der Waals surface area contributed by atoms with Crippen LogP contribution in [0.3, 0.4) is 0 Å². The number of hydrogen-bond acceptors (Lipinski definition) is 2. The second-order valence-electron chi connectivity index (χ2n) is 4.23. The summed E-state index contributed by atoms with van der Waals surface area (Å²) in [4.78, 5) is 10.5. The molecule has 0 saturated heterocycles. The molecule has 0 saturated carbocycles. The van der Waals surface area contributed by atoms with E-state index >= 15 is 0 Å². The summed E-state index contributed by atoms with van der Waals surface area (Å²) in [5, 5.41) is 0.804. The van der Waals surface area contributed by atoms with E-state index in [0.717, 1.165) is 35.5 Å². The van der Waals surface area contributed by atoms with Crippen LogP contribution in [0.15, 0.2) is 48.5 Å². The number of aryl methyl sites for hydroxylation is 1. The van der Waals surface area contributed by atoms with Crippen LogP contribution in [0, 0.1) is 0 Å². The number of benzene rings is 2. The van der Waals surface area contributed by atoms with Crippen molar-refractivity contribution in [2.45, 2.75) is 12.8 Å². The standard InChI is InChI=1S/C16H15ClO2/c17-16-6-2-1-4-14(16)5-3-11-19-15-9-7-13(12-18)8-10-15/h1-2,4,6-10,12H,3,5,11H2. The Balaban J connectivity index is 1.77. The fourth-order valence-corrected chi connectivity index (χ4v) is 2.03. The van der Waals surface area contributed by atoms with Crippen molar-refractivity contribution < 1.29 is 9.53 Å². The third-order valence-electron chi connectivity index (χ3n) is 2.83. The number of halogens is 1. The zero-order chi connectivity index (χ0) is 13.5. The quantitative estimate of drug-likeness (QED) is 0.584. The Morgan fingerprint density at radius 1 is 1.05 bits per heavy atom. The Hall–Kier alpha value is -1.80. The van der Waals surface area contributed by atoms with Crippen molar-refractivity contribution in [3.8, 4) is 5.75 Å². The van der Waals surface area contributed by atoms with Gasteiger partial charge >= 0.3 is 0 Å². The van der Waals surface area contributed by atoms with Crippen LogP contribution in [0.4, 0.5) is 0 Å². The summed E-state index contributed by atoms with van der Waals surface area (Å²) in [6.07, 6.45) is 2.62. The maximum absolute atomic E-state index is 10.5. The minimum absolute atomic E-state index is 0.631. The van der Waals surface area contributed by atoms with Gasteiger partial charge in [-0.15, -0.1) is 0 Å². The first-order valence-electron chi connectivity index (χ1n) is 6.21. The van der Waals surface area contributed by atoms with Gasteiger partial charge < -0.3 is 4.74 Å². The lowest BCUT2D eigenvalue weighted by Gasteiger charge is -2.07. The van der Waals surface area contributed by atoms with Crippen LogP contribution >= 0.6 is 11.6 Å². The maximum atomic E-state index is 10.5. The minimum Gasteiger partial charge on any atom is -0.494 e. The molecule has 98 valence electrons. The summed E-state index contributed by atoms with van der Waals surface area (Å²) in [6.45, 7) is 0.631. The zero-order valence-electron chi connectivity index (χ0n) is 10.5. The van der Waals surface area contributed by atoms with Crippen molar-refractivity contribution in [3.63, 3.8) is 0 Å². The highest BCUT2D eigenvalue weighted by molar-refractivity contribution is 6.31. The van der Waals surface area contributed by atoms with Crippen LogP contribution in [-0.4, -0.2) is 12.9 Å². The molecule has 0 aliphatic carbocycles. The lowest BCUT2D eigenvalue weighted by Crippen LogP contribution is -1.99. The van der Waals surface area contributed by atoms with Gasteiger partial charge in [0, 0.05) is 10.6 Å². The smallest absolute Gasteiger partial charge is 0.150 e. The van der Waals surface area contributed by atoms with E-state index in [1.165, 1.54) is 0 Å². The van der Waals surface area contributed by atoms with Crippen molar-refractivity contribution in [3.05, 3.63) is 64.7 Å². The monoisotopic (exact) mass is 274 g/mol. The third-order valence-corrected chi connectivity index (χ3v) is 3.20. The van der Waals surface area contributed by atoms with E-state index in [-0.39, 0.29) is 0 Å². The van der Waals surface area contributed by atoms with Crippen LogP contribution < -0.4 is 4.74 Å². The van der Waals surface area contributed by atoms with Gasteiger partial charge in [0.05, 0.1) is 6.61 Å². The van der Waals surface area contributed by atoms with Crippen molar-refractivity contribution in [1.29, 1.82) is 0 Å². The number of carbonyl (C=O) groups excluding carboxylic acids is 1. The van der Waals surface area contributed by atoms with Gasteiger partial charge in [-0.2, -0.15) is 0 Å². The van der Waals surface area contributed by atoms with Gasteiger partial charge in [-0.3, -0.25) is 4.79 Å². The molecule has 0 amide bonds. The summed E-state index contributed by atoms with van der Waals surface area (Å²) in [7, 11) is 0. The predicted molar refractivity (Wildman–Crippen MR) is 77.1 cm³/mol. The van der Waals surface area contributed by atoms with E-state index < -0.39 is 0 Å². The summed E-state index contributed by atoms with van der Waals surface area (Å²) in [6, 6.07) is 14.9. The van der Waals surface area contributed by atoms with E-state index in [2.05, 4.69) is 0 Å². The van der Waals surface area contributed by atoms with Crippen LogP contribution in [0.2, 0.25) is 5.02 Å². The van der Waals surface area contributed by atoms with Gasteiger partial charge in [0.25, 0.3) is 0 Å². The van der Waals surface area contributed by atoms with E-state index in [1.54, 1.807) is 24.3 Å². The molecule has 2 aromatic carbocycles. The summed E-state index contributed by atoms with van der Waals surface area (Å²) < 4.78 is 5.61. The molecule has 2 rings (SSSR count). The molecule has 2 nitrogen and oxygen atoms in total. The molecule has 0 spiro atoms. The number of aldehydes is 1. The minimum atomic E-state index is 0.631. The van der Waals surface area contributed by atoms with Crippen molar-refractivity contribution in [2.75, 3.05) is 6.61 Å². The first kappa shape index (κ1) is 13.6.